The average Bonchev–Trinajstić information content (AvgIpc) is 4.15. The molecule has 0 unspecified atom stereocenters. The summed E-state index contributed by atoms with van der Waals surface area (Å²) in [6.07, 6.45) is 10.5. The summed E-state index contributed by atoms with van der Waals surface area (Å²) in [5.74, 6) is 3.18. The zero-order chi connectivity index (χ0) is 41.0. The van der Waals surface area contributed by atoms with Crippen LogP contribution >= 0.6 is 15.9 Å². The molecule has 0 spiro atoms. The Labute approximate surface area is 357 Å². The van der Waals surface area contributed by atoms with Crippen LogP contribution in [-0.2, 0) is 0 Å². The van der Waals surface area contributed by atoms with Crippen molar-refractivity contribution in [1.29, 1.82) is 0 Å². The number of alkyl halides is 1. The van der Waals surface area contributed by atoms with Crippen molar-refractivity contribution in [3.8, 4) is 67.5 Å². The van der Waals surface area contributed by atoms with Gasteiger partial charge in [0.1, 0.15) is 23.0 Å². The van der Waals surface area contributed by atoms with Gasteiger partial charge in [-0.3, -0.25) is 0 Å². The molecular weight excluding hydrogens is 812 g/mol. The van der Waals surface area contributed by atoms with E-state index in [0.717, 1.165) is 131 Å². The SMILES string of the molecule is COc1ccc(-c2c3nc(c(-c4ccc(OC)cc4)c4ccc([nH]4)c(-c4ccc(OCCCCBr)cc4)c4nc(c(-c5ccc(OC)cc5)c5ccc2[nH]5)C=C4)C=C3)cc1. The van der Waals surface area contributed by atoms with E-state index < -0.39 is 0 Å². The van der Waals surface area contributed by atoms with Crippen molar-refractivity contribution in [2.75, 3.05) is 33.3 Å². The van der Waals surface area contributed by atoms with Crippen LogP contribution in [0.2, 0.25) is 0 Å². The molecule has 0 radical (unpaired) electrons. The molecule has 0 saturated heterocycles. The second-order valence-corrected chi connectivity index (χ2v) is 15.3. The van der Waals surface area contributed by atoms with E-state index in [-0.39, 0.29) is 0 Å². The molecule has 9 rings (SSSR count). The van der Waals surface area contributed by atoms with Gasteiger partial charge in [0.15, 0.2) is 0 Å². The van der Waals surface area contributed by atoms with Gasteiger partial charge >= 0.3 is 0 Å². The number of ether oxygens (including phenoxy) is 4. The Morgan fingerprint density at radius 1 is 0.400 bits per heavy atom. The maximum atomic E-state index is 6.10. The number of unbranched alkanes of at least 4 members (excludes halogenated alkanes) is 1. The summed E-state index contributed by atoms with van der Waals surface area (Å²) in [7, 11) is 5.04. The zero-order valence-electron chi connectivity index (χ0n) is 33.6. The van der Waals surface area contributed by atoms with Crippen LogP contribution in [0.5, 0.6) is 23.0 Å². The Morgan fingerprint density at radius 3 is 0.983 bits per heavy atom. The van der Waals surface area contributed by atoms with E-state index in [2.05, 4.69) is 123 Å². The van der Waals surface area contributed by atoms with Crippen molar-refractivity contribution in [3.05, 3.63) is 144 Å². The van der Waals surface area contributed by atoms with Gasteiger partial charge in [0.2, 0.25) is 0 Å². The topological polar surface area (TPSA) is 94.3 Å². The number of aromatic amines is 2. The molecule has 4 aromatic carbocycles. The number of aromatic nitrogens is 4. The first-order chi connectivity index (χ1) is 29.5. The second kappa shape index (κ2) is 17.2. The van der Waals surface area contributed by atoms with Crippen LogP contribution in [0.15, 0.2) is 121 Å². The van der Waals surface area contributed by atoms with Crippen LogP contribution in [0, 0.1) is 0 Å². The number of methoxy groups -OCH3 is 3. The normalized spacial score (nSPS) is 11.8. The third-order valence-corrected chi connectivity index (χ3v) is 11.4. The molecule has 0 fully saturated rings. The fourth-order valence-electron chi connectivity index (χ4n) is 7.80. The largest absolute Gasteiger partial charge is 0.497 e. The minimum atomic E-state index is 0.667. The summed E-state index contributed by atoms with van der Waals surface area (Å²) < 4.78 is 22.8. The number of benzene rings is 4. The van der Waals surface area contributed by atoms with Gasteiger partial charge in [0.05, 0.1) is 50.7 Å². The number of rotatable bonds is 12. The molecule has 0 aliphatic carbocycles. The number of fused-ring (bicyclic) bond motifs is 8. The zero-order valence-corrected chi connectivity index (χ0v) is 35.2. The van der Waals surface area contributed by atoms with E-state index in [9.17, 15) is 0 Å². The van der Waals surface area contributed by atoms with Crippen molar-refractivity contribution >= 4 is 62.3 Å². The van der Waals surface area contributed by atoms with Crippen molar-refractivity contribution < 1.29 is 18.9 Å². The number of H-pyrrole nitrogens is 2. The summed E-state index contributed by atoms with van der Waals surface area (Å²) in [5, 5.41) is 0.965. The minimum Gasteiger partial charge on any atom is -0.497 e. The maximum absolute atomic E-state index is 6.10. The van der Waals surface area contributed by atoms with Crippen molar-refractivity contribution in [3.63, 3.8) is 0 Å². The molecule has 2 aliphatic heterocycles. The first-order valence-corrected chi connectivity index (χ1v) is 21.0. The van der Waals surface area contributed by atoms with E-state index in [1.165, 1.54) is 0 Å². The number of nitrogens with zero attached hydrogens (tertiary/aromatic N) is 2. The molecule has 7 aromatic rings. The van der Waals surface area contributed by atoms with E-state index in [1.807, 2.05) is 48.5 Å². The summed E-state index contributed by atoms with van der Waals surface area (Å²) in [4.78, 5) is 18.5. The van der Waals surface area contributed by atoms with Crippen LogP contribution in [0.4, 0.5) is 0 Å². The van der Waals surface area contributed by atoms with Gasteiger partial charge in [-0.25, -0.2) is 9.97 Å². The third-order valence-electron chi connectivity index (χ3n) is 10.8. The molecule has 3 aromatic heterocycles. The Morgan fingerprint density at radius 2 is 0.700 bits per heavy atom. The highest BCUT2D eigenvalue weighted by atomic mass is 79.9. The van der Waals surface area contributed by atoms with Crippen LogP contribution < -0.4 is 18.9 Å². The fraction of sp³-hybridized carbons (Fsp3) is 0.137. The first-order valence-electron chi connectivity index (χ1n) is 19.9. The molecule has 0 saturated carbocycles. The minimum absolute atomic E-state index is 0.667. The van der Waals surface area contributed by atoms with Gasteiger partial charge in [-0.1, -0.05) is 64.5 Å². The Kier molecular flexibility index (Phi) is 11.1. The number of hydrogen-bond donors (Lipinski definition) is 2. The quantitative estimate of drug-likeness (QED) is 0.0939. The molecule has 298 valence electrons. The van der Waals surface area contributed by atoms with Crippen molar-refractivity contribution in [2.24, 2.45) is 0 Å². The summed E-state index contributed by atoms with van der Waals surface area (Å²) in [5.41, 5.74) is 14.8. The van der Waals surface area contributed by atoms with Gasteiger partial charge in [-0.2, -0.15) is 0 Å². The lowest BCUT2D eigenvalue weighted by Crippen LogP contribution is -1.97. The highest BCUT2D eigenvalue weighted by Gasteiger charge is 2.19. The van der Waals surface area contributed by atoms with Crippen LogP contribution in [0.3, 0.4) is 0 Å². The molecule has 2 N–H and O–H groups in total. The van der Waals surface area contributed by atoms with Gasteiger partial charge < -0.3 is 28.9 Å². The third kappa shape index (κ3) is 7.72. The molecule has 9 heteroatoms. The Hall–Kier alpha value is -6.84. The molecule has 8 nitrogen and oxygen atoms in total. The average molecular weight is 856 g/mol. The smallest absolute Gasteiger partial charge is 0.119 e. The van der Waals surface area contributed by atoms with Gasteiger partial charge in [-0.15, -0.1) is 0 Å². The van der Waals surface area contributed by atoms with Crippen LogP contribution in [-0.4, -0.2) is 53.2 Å². The van der Waals surface area contributed by atoms with Crippen LogP contribution in [0.1, 0.15) is 35.6 Å². The monoisotopic (exact) mass is 854 g/mol. The van der Waals surface area contributed by atoms with Gasteiger partial charge in [0.25, 0.3) is 0 Å². The summed E-state index contributed by atoms with van der Waals surface area (Å²) in [6.45, 7) is 0.667. The van der Waals surface area contributed by atoms with Crippen molar-refractivity contribution in [1.82, 2.24) is 19.9 Å². The molecule has 2 aliphatic rings. The van der Waals surface area contributed by atoms with E-state index in [0.29, 0.717) is 6.61 Å². The Balaban J connectivity index is 1.37. The summed E-state index contributed by atoms with van der Waals surface area (Å²) >= 11 is 3.52. The number of hydrogen-bond acceptors (Lipinski definition) is 6. The maximum Gasteiger partial charge on any atom is 0.119 e. The molecule has 0 amide bonds. The lowest BCUT2D eigenvalue weighted by molar-refractivity contribution is 0.310. The van der Waals surface area contributed by atoms with Gasteiger partial charge in [-0.05, 0) is 132 Å². The predicted octanol–water partition coefficient (Wildman–Crippen LogP) is 12.9. The fourth-order valence-corrected chi connectivity index (χ4v) is 8.19. The summed E-state index contributed by atoms with van der Waals surface area (Å²) in [6, 6.07) is 41.2. The highest BCUT2D eigenvalue weighted by Crippen LogP contribution is 2.39. The van der Waals surface area contributed by atoms with E-state index in [1.54, 1.807) is 21.3 Å². The van der Waals surface area contributed by atoms with E-state index in [4.69, 9.17) is 28.9 Å². The van der Waals surface area contributed by atoms with E-state index >= 15 is 0 Å². The Bertz CT molecular complexity index is 2850. The standard InChI is InChI=1S/C51H43BrN4O4/c1-57-36-14-6-32(7-15-36)48-40-22-24-42(53-40)49(33-8-16-37(58-2)17-9-33)44-26-28-46(55-44)51(35-12-20-39(21-13-35)60-31-5-4-30-52)47-29-27-45(56-47)50(43-25-23-41(48)54-43)34-10-18-38(59-3)19-11-34/h6-29,53,56H,4-5,30-31H2,1-3H3. The van der Waals surface area contributed by atoms with Gasteiger partial charge in [0, 0.05) is 49.7 Å². The molecule has 8 bridgehead atoms. The predicted molar refractivity (Wildman–Crippen MR) is 249 cm³/mol. The molecular formula is C51H43BrN4O4. The lowest BCUT2D eigenvalue weighted by atomic mass is 10.0. The van der Waals surface area contributed by atoms with Crippen molar-refractivity contribution in [2.45, 2.75) is 12.8 Å². The molecule has 0 atom stereocenters. The van der Waals surface area contributed by atoms with Crippen LogP contribution in [0.25, 0.3) is 90.9 Å². The molecule has 60 heavy (non-hydrogen) atoms. The lowest BCUT2D eigenvalue weighted by Gasteiger charge is -2.09. The number of halogens is 1. The molecule has 5 heterocycles. The first kappa shape index (κ1) is 38.7. The second-order valence-electron chi connectivity index (χ2n) is 14.5. The highest BCUT2D eigenvalue weighted by molar-refractivity contribution is 9.09. The number of nitrogens with one attached hydrogen (secondary N) is 2.